The smallest absolute Gasteiger partial charge is 0.191 e. The summed E-state index contributed by atoms with van der Waals surface area (Å²) in [6.07, 6.45) is 5.56. The minimum atomic E-state index is 0. The number of aromatic nitrogens is 2. The van der Waals surface area contributed by atoms with Crippen molar-refractivity contribution in [2.24, 2.45) is 16.3 Å². The van der Waals surface area contributed by atoms with Crippen LogP contribution in [0.3, 0.4) is 0 Å². The molecule has 1 aromatic rings. The first-order valence-electron chi connectivity index (χ1n) is 9.29. The molecule has 1 unspecified atom stereocenters. The van der Waals surface area contributed by atoms with Gasteiger partial charge in [0.15, 0.2) is 5.96 Å². The lowest BCUT2D eigenvalue weighted by Crippen LogP contribution is -2.44. The van der Waals surface area contributed by atoms with Gasteiger partial charge in [0, 0.05) is 50.7 Å². The van der Waals surface area contributed by atoms with Crippen LogP contribution in [-0.2, 0) is 17.8 Å². The van der Waals surface area contributed by atoms with Gasteiger partial charge in [-0.05, 0) is 25.7 Å². The van der Waals surface area contributed by atoms with Gasteiger partial charge in [0.05, 0.1) is 6.61 Å². The second-order valence-corrected chi connectivity index (χ2v) is 7.21. The summed E-state index contributed by atoms with van der Waals surface area (Å²) in [7, 11) is 0. The van der Waals surface area contributed by atoms with E-state index < -0.39 is 0 Å². The zero-order valence-electron chi connectivity index (χ0n) is 16.2. The summed E-state index contributed by atoms with van der Waals surface area (Å²) in [5.74, 6) is 2.33. The van der Waals surface area contributed by atoms with E-state index in [-0.39, 0.29) is 36.0 Å². The van der Waals surface area contributed by atoms with Gasteiger partial charge in [0.1, 0.15) is 12.4 Å². The number of ether oxygens (including phenoxy) is 1. The van der Waals surface area contributed by atoms with Gasteiger partial charge in [-0.15, -0.1) is 24.0 Å². The van der Waals surface area contributed by atoms with E-state index in [0.717, 1.165) is 50.9 Å². The van der Waals surface area contributed by atoms with E-state index in [2.05, 4.69) is 45.9 Å². The number of halogens is 1. The highest BCUT2D eigenvalue weighted by atomic mass is 127. The number of imidazole rings is 1. The zero-order valence-corrected chi connectivity index (χ0v) is 18.5. The third kappa shape index (κ3) is 7.03. The van der Waals surface area contributed by atoms with E-state index in [4.69, 9.17) is 4.74 Å². The van der Waals surface area contributed by atoms with Gasteiger partial charge in [-0.3, -0.25) is 0 Å². The Balaban J connectivity index is 0.00000338. The molecule has 0 amide bonds. The molecule has 7 nitrogen and oxygen atoms in total. The molecule has 1 atom stereocenters. The molecule has 3 N–H and O–H groups in total. The molecular formula is C18H34IN5O2. The second kappa shape index (κ2) is 11.8. The van der Waals surface area contributed by atoms with Crippen LogP contribution in [0.5, 0.6) is 0 Å². The standard InChI is InChI=1S/C18H33N5O2.HI/c1-4-19-17(22-13-18(5-9-24)6-10-25-14-18)21-11-16-20-7-8-23(16)12-15(2)3;/h7-8,15,24H,4-6,9-14H2,1-3H3,(H2,19,21,22);1H. The van der Waals surface area contributed by atoms with Crippen molar-refractivity contribution in [3.05, 3.63) is 18.2 Å². The maximum atomic E-state index is 9.35. The van der Waals surface area contributed by atoms with Crippen LogP contribution in [0, 0.1) is 11.3 Å². The van der Waals surface area contributed by atoms with E-state index in [1.165, 1.54) is 0 Å². The lowest BCUT2D eigenvalue weighted by Gasteiger charge is -2.27. The number of hydrogen-bond donors (Lipinski definition) is 3. The lowest BCUT2D eigenvalue weighted by atomic mass is 9.84. The number of nitrogens with zero attached hydrogens (tertiary/aromatic N) is 3. The van der Waals surface area contributed by atoms with Crippen molar-refractivity contribution in [1.82, 2.24) is 20.2 Å². The fourth-order valence-corrected chi connectivity index (χ4v) is 3.13. The fourth-order valence-electron chi connectivity index (χ4n) is 3.13. The fraction of sp³-hybridized carbons (Fsp3) is 0.778. The number of nitrogens with one attached hydrogen (secondary N) is 2. The molecule has 8 heteroatoms. The quantitative estimate of drug-likeness (QED) is 0.287. The molecule has 0 spiro atoms. The molecule has 2 rings (SSSR count). The van der Waals surface area contributed by atoms with E-state index in [1.807, 2.05) is 12.4 Å². The summed E-state index contributed by atoms with van der Waals surface area (Å²) >= 11 is 0. The van der Waals surface area contributed by atoms with Crippen LogP contribution < -0.4 is 10.6 Å². The Hall–Kier alpha value is -0.870. The van der Waals surface area contributed by atoms with Gasteiger partial charge in [0.25, 0.3) is 0 Å². The molecule has 0 aliphatic carbocycles. The third-order valence-electron chi connectivity index (χ3n) is 4.54. The average Bonchev–Trinajstić information content (AvgIpc) is 3.20. The molecule has 0 radical (unpaired) electrons. The molecule has 1 aromatic heterocycles. The average molecular weight is 479 g/mol. The van der Waals surface area contributed by atoms with Crippen molar-refractivity contribution in [3.8, 4) is 0 Å². The number of hydrogen-bond acceptors (Lipinski definition) is 4. The number of rotatable bonds is 9. The van der Waals surface area contributed by atoms with Crippen molar-refractivity contribution in [2.75, 3.05) is 32.9 Å². The Morgan fingerprint density at radius 3 is 2.88 bits per heavy atom. The van der Waals surface area contributed by atoms with Crippen LogP contribution >= 0.6 is 24.0 Å². The van der Waals surface area contributed by atoms with E-state index in [0.29, 0.717) is 19.1 Å². The summed E-state index contributed by atoms with van der Waals surface area (Å²) in [6, 6.07) is 0. The number of aliphatic hydroxyl groups excluding tert-OH is 1. The van der Waals surface area contributed by atoms with Crippen molar-refractivity contribution in [3.63, 3.8) is 0 Å². The van der Waals surface area contributed by atoms with Gasteiger partial charge in [-0.1, -0.05) is 13.8 Å². The first-order valence-corrected chi connectivity index (χ1v) is 9.29. The summed E-state index contributed by atoms with van der Waals surface area (Å²) in [5.41, 5.74) is 0.00104. The van der Waals surface area contributed by atoms with Gasteiger partial charge in [0.2, 0.25) is 0 Å². The molecule has 0 aromatic carbocycles. The highest BCUT2D eigenvalue weighted by Crippen LogP contribution is 2.31. The minimum Gasteiger partial charge on any atom is -0.396 e. The summed E-state index contributed by atoms with van der Waals surface area (Å²) < 4.78 is 7.71. The Morgan fingerprint density at radius 1 is 1.46 bits per heavy atom. The molecule has 1 aliphatic heterocycles. The SMILES string of the molecule is CCNC(=NCc1nccn1CC(C)C)NCC1(CCO)CCOC1.I. The van der Waals surface area contributed by atoms with Gasteiger partial charge in [-0.2, -0.15) is 0 Å². The van der Waals surface area contributed by atoms with Gasteiger partial charge in [-0.25, -0.2) is 9.98 Å². The van der Waals surface area contributed by atoms with Crippen molar-refractivity contribution in [1.29, 1.82) is 0 Å². The predicted octanol–water partition coefficient (Wildman–Crippen LogP) is 2.00. The van der Waals surface area contributed by atoms with Crippen LogP contribution in [0.25, 0.3) is 0 Å². The third-order valence-corrected chi connectivity index (χ3v) is 4.54. The number of guanidine groups is 1. The van der Waals surface area contributed by atoms with Crippen molar-refractivity contribution < 1.29 is 9.84 Å². The topological polar surface area (TPSA) is 83.7 Å². The van der Waals surface area contributed by atoms with Gasteiger partial charge >= 0.3 is 0 Å². The first kappa shape index (κ1) is 23.2. The normalized spacial score (nSPS) is 20.3. The van der Waals surface area contributed by atoms with Crippen LogP contribution in [-0.4, -0.2) is 53.5 Å². The lowest BCUT2D eigenvalue weighted by molar-refractivity contribution is 0.127. The van der Waals surface area contributed by atoms with Crippen molar-refractivity contribution >= 4 is 29.9 Å². The molecule has 0 bridgehead atoms. The zero-order chi connectivity index (χ0) is 18.1. The van der Waals surface area contributed by atoms with E-state index >= 15 is 0 Å². The Bertz CT molecular complexity index is 541. The predicted molar refractivity (Wildman–Crippen MR) is 115 cm³/mol. The van der Waals surface area contributed by atoms with Gasteiger partial charge < -0.3 is 25.0 Å². The molecule has 0 saturated carbocycles. The largest absolute Gasteiger partial charge is 0.396 e. The molecule has 1 saturated heterocycles. The molecule has 150 valence electrons. The maximum absolute atomic E-state index is 9.35. The van der Waals surface area contributed by atoms with Crippen LogP contribution in [0.1, 0.15) is 39.4 Å². The van der Waals surface area contributed by atoms with Crippen molar-refractivity contribution in [2.45, 2.75) is 46.7 Å². The summed E-state index contributed by atoms with van der Waals surface area (Å²) in [6.45, 7) is 11.1. The van der Waals surface area contributed by atoms with E-state index in [1.54, 1.807) is 0 Å². The molecular weight excluding hydrogens is 445 g/mol. The minimum absolute atomic E-state index is 0. The van der Waals surface area contributed by atoms with Crippen LogP contribution in [0.2, 0.25) is 0 Å². The summed E-state index contributed by atoms with van der Waals surface area (Å²) in [5, 5.41) is 16.1. The summed E-state index contributed by atoms with van der Waals surface area (Å²) in [4.78, 5) is 9.11. The first-order chi connectivity index (χ1) is 12.1. The number of aliphatic hydroxyl groups is 1. The monoisotopic (exact) mass is 479 g/mol. The molecule has 26 heavy (non-hydrogen) atoms. The van der Waals surface area contributed by atoms with Crippen LogP contribution in [0.4, 0.5) is 0 Å². The Morgan fingerprint density at radius 2 is 2.27 bits per heavy atom. The maximum Gasteiger partial charge on any atom is 0.191 e. The number of aliphatic imine (C=N–C) groups is 1. The second-order valence-electron chi connectivity index (χ2n) is 7.21. The molecule has 1 fully saturated rings. The Labute approximate surface area is 174 Å². The van der Waals surface area contributed by atoms with E-state index in [9.17, 15) is 5.11 Å². The molecule has 2 heterocycles. The highest BCUT2D eigenvalue weighted by molar-refractivity contribution is 14.0. The Kier molecular flexibility index (Phi) is 10.5. The molecule has 1 aliphatic rings. The van der Waals surface area contributed by atoms with Crippen LogP contribution in [0.15, 0.2) is 17.4 Å². The highest BCUT2D eigenvalue weighted by Gasteiger charge is 2.34.